The summed E-state index contributed by atoms with van der Waals surface area (Å²) in [5.41, 5.74) is -0.956. The number of alkyl halides is 3. The van der Waals surface area contributed by atoms with Gasteiger partial charge in [-0.1, -0.05) is 18.0 Å². The fourth-order valence-electron chi connectivity index (χ4n) is 4.78. The quantitative estimate of drug-likeness (QED) is 0.150. The number of carbonyl (C=O) groups is 1. The lowest BCUT2D eigenvalue weighted by Crippen LogP contribution is -2.29. The van der Waals surface area contributed by atoms with E-state index in [0.29, 0.717) is 30.5 Å². The van der Waals surface area contributed by atoms with Crippen molar-refractivity contribution in [1.29, 1.82) is 0 Å². The molecule has 2 heterocycles. The molecule has 0 radical (unpaired) electrons. The summed E-state index contributed by atoms with van der Waals surface area (Å²) in [6.45, 7) is 3.79. The highest BCUT2D eigenvalue weighted by Crippen LogP contribution is 2.40. The van der Waals surface area contributed by atoms with E-state index in [1.807, 2.05) is 11.8 Å². The number of carbonyl (C=O) groups excluding carboxylic acids is 1. The van der Waals surface area contributed by atoms with E-state index in [4.69, 9.17) is 30.2 Å². The summed E-state index contributed by atoms with van der Waals surface area (Å²) in [6.07, 6.45) is -2.22. The Morgan fingerprint density at radius 1 is 0.952 bits per heavy atom. The minimum absolute atomic E-state index is 0.00500. The third-order valence-corrected chi connectivity index (χ3v) is 7.06. The van der Waals surface area contributed by atoms with Crippen molar-refractivity contribution >= 4 is 28.5 Å². The second kappa shape index (κ2) is 12.5. The van der Waals surface area contributed by atoms with Crippen LogP contribution >= 0.6 is 11.6 Å². The smallest absolute Gasteiger partial charge is 0.453 e. The van der Waals surface area contributed by atoms with Gasteiger partial charge in [0.2, 0.25) is 11.2 Å². The number of fused-ring (bicyclic) bond motifs is 1. The lowest BCUT2D eigenvalue weighted by Gasteiger charge is -2.27. The van der Waals surface area contributed by atoms with Gasteiger partial charge in [-0.2, -0.15) is 13.2 Å². The van der Waals surface area contributed by atoms with Crippen LogP contribution in [0.15, 0.2) is 69.9 Å². The first-order valence-corrected chi connectivity index (χ1v) is 13.8. The van der Waals surface area contributed by atoms with Gasteiger partial charge >= 0.3 is 12.1 Å². The molecule has 1 fully saturated rings. The van der Waals surface area contributed by atoms with Crippen LogP contribution in [0.3, 0.4) is 0 Å². The number of hydrogen-bond donors (Lipinski definition) is 0. The number of piperidine rings is 1. The Balaban J connectivity index is 1.61. The molecule has 1 aliphatic heterocycles. The third kappa shape index (κ3) is 6.55. The number of rotatable bonds is 8. The van der Waals surface area contributed by atoms with E-state index in [0.717, 1.165) is 19.3 Å². The van der Waals surface area contributed by atoms with E-state index in [2.05, 4.69) is 0 Å². The Hall–Kier alpha value is -4.02. The highest BCUT2D eigenvalue weighted by Gasteiger charge is 2.41. The summed E-state index contributed by atoms with van der Waals surface area (Å²) in [7, 11) is 0. The number of hydrogen-bond acceptors (Lipinski definition) is 7. The second-order valence-electron chi connectivity index (χ2n) is 9.75. The molecule has 0 amide bonds. The second-order valence-corrected chi connectivity index (χ2v) is 10.2. The van der Waals surface area contributed by atoms with Crippen LogP contribution in [0, 0.1) is 0 Å². The summed E-state index contributed by atoms with van der Waals surface area (Å²) >= 11 is 5.87. The summed E-state index contributed by atoms with van der Waals surface area (Å²) in [6, 6.07) is 14.5. The lowest BCUT2D eigenvalue weighted by atomic mass is 10.1. The molecule has 1 aliphatic rings. The number of ether oxygens (including phenoxy) is 3. The van der Waals surface area contributed by atoms with Crippen molar-refractivity contribution in [1.82, 2.24) is 4.90 Å². The van der Waals surface area contributed by atoms with Crippen molar-refractivity contribution < 1.29 is 36.6 Å². The first-order chi connectivity index (χ1) is 20.1. The average Bonchev–Trinajstić information content (AvgIpc) is 2.97. The van der Waals surface area contributed by atoms with Crippen molar-refractivity contribution in [2.75, 3.05) is 19.7 Å². The van der Waals surface area contributed by atoms with Crippen molar-refractivity contribution in [2.24, 2.45) is 0 Å². The fourth-order valence-corrected chi connectivity index (χ4v) is 4.90. The zero-order valence-corrected chi connectivity index (χ0v) is 23.4. The number of benzene rings is 3. The van der Waals surface area contributed by atoms with E-state index in [9.17, 15) is 22.8 Å². The first-order valence-electron chi connectivity index (χ1n) is 13.4. The van der Waals surface area contributed by atoms with Crippen LogP contribution in [-0.4, -0.2) is 30.6 Å². The van der Waals surface area contributed by atoms with Crippen LogP contribution in [0.5, 0.6) is 23.0 Å². The molecule has 0 spiro atoms. The van der Waals surface area contributed by atoms with Crippen molar-refractivity contribution in [3.63, 3.8) is 0 Å². The van der Waals surface area contributed by atoms with Crippen LogP contribution < -0.4 is 19.6 Å². The minimum Gasteiger partial charge on any atom is -0.494 e. The maximum atomic E-state index is 14.3. The molecule has 42 heavy (non-hydrogen) atoms. The number of esters is 1. The fraction of sp³-hybridized carbons (Fsp3) is 0.290. The minimum atomic E-state index is -5.06. The molecule has 11 heteroatoms. The van der Waals surface area contributed by atoms with Crippen LogP contribution in [0.4, 0.5) is 13.2 Å². The molecule has 1 saturated heterocycles. The monoisotopic (exact) mass is 601 g/mol. The summed E-state index contributed by atoms with van der Waals surface area (Å²) in [4.78, 5) is 28.6. The first kappa shape index (κ1) is 29.5. The molecule has 0 aliphatic carbocycles. The molecule has 1 aromatic heterocycles. The SMILES string of the molecule is CCOc1ccc(C(=O)Oc2ccc3c(=O)c(Oc4ccc(Cl)cc4)c(C(F)(F)F)oc3c2CN2CCCCC2)cc1. The zero-order chi connectivity index (χ0) is 29.9. The van der Waals surface area contributed by atoms with Gasteiger partial charge in [-0.05, 0) is 93.5 Å². The Labute approximate surface area is 244 Å². The summed E-state index contributed by atoms with van der Waals surface area (Å²) < 4.78 is 64.9. The molecular formula is C31H27ClF3NO6. The highest BCUT2D eigenvalue weighted by atomic mass is 35.5. The molecule has 0 saturated carbocycles. The van der Waals surface area contributed by atoms with Gasteiger partial charge in [-0.25, -0.2) is 4.79 Å². The van der Waals surface area contributed by atoms with Crippen LogP contribution in [0.25, 0.3) is 11.0 Å². The molecule has 5 rings (SSSR count). The van der Waals surface area contributed by atoms with Gasteiger partial charge in [0.15, 0.2) is 0 Å². The maximum absolute atomic E-state index is 14.3. The zero-order valence-electron chi connectivity index (χ0n) is 22.6. The maximum Gasteiger partial charge on any atom is 0.453 e. The van der Waals surface area contributed by atoms with Crippen molar-refractivity contribution in [3.8, 4) is 23.0 Å². The normalized spacial score (nSPS) is 14.1. The summed E-state index contributed by atoms with van der Waals surface area (Å²) in [5, 5.41) is 0.207. The highest BCUT2D eigenvalue weighted by molar-refractivity contribution is 6.30. The number of likely N-dealkylation sites (tertiary alicyclic amines) is 1. The predicted octanol–water partition coefficient (Wildman–Crippen LogP) is 7.86. The molecular weight excluding hydrogens is 575 g/mol. The molecule has 0 N–H and O–H groups in total. The third-order valence-electron chi connectivity index (χ3n) is 6.80. The molecule has 4 aromatic rings. The molecule has 7 nitrogen and oxygen atoms in total. The van der Waals surface area contributed by atoms with Gasteiger partial charge < -0.3 is 18.6 Å². The standard InChI is InChI=1S/C31H27ClF3NO6/c1-2-39-21-10-6-19(7-11-21)30(38)41-25-15-14-23-26(37)28(40-22-12-8-20(32)9-13-22)29(31(33,34)35)42-27(23)24(25)18-36-16-4-3-5-17-36/h6-15H,2-5,16-18H2,1H3. The van der Waals surface area contributed by atoms with Gasteiger partial charge in [-0.15, -0.1) is 0 Å². The van der Waals surface area contributed by atoms with Crippen molar-refractivity contribution in [3.05, 3.63) is 92.8 Å². The van der Waals surface area contributed by atoms with E-state index in [1.165, 1.54) is 48.5 Å². The molecule has 0 bridgehead atoms. The lowest BCUT2D eigenvalue weighted by molar-refractivity contribution is -0.154. The molecule has 220 valence electrons. The van der Waals surface area contributed by atoms with E-state index in [1.54, 1.807) is 12.1 Å². The van der Waals surface area contributed by atoms with Crippen LogP contribution in [-0.2, 0) is 12.7 Å². The molecule has 0 atom stereocenters. The van der Waals surface area contributed by atoms with E-state index < -0.39 is 29.1 Å². The largest absolute Gasteiger partial charge is 0.494 e. The topological polar surface area (TPSA) is 78.2 Å². The Morgan fingerprint density at radius 3 is 2.26 bits per heavy atom. The Bertz CT molecular complexity index is 1630. The van der Waals surface area contributed by atoms with Gasteiger partial charge in [0, 0.05) is 11.6 Å². The molecule has 0 unspecified atom stereocenters. The van der Waals surface area contributed by atoms with E-state index in [-0.39, 0.29) is 40.1 Å². The Morgan fingerprint density at radius 2 is 1.62 bits per heavy atom. The predicted molar refractivity (Wildman–Crippen MR) is 151 cm³/mol. The average molecular weight is 602 g/mol. The summed E-state index contributed by atoms with van der Waals surface area (Å²) in [5.74, 6) is -2.77. The van der Waals surface area contributed by atoms with Crippen LogP contribution in [0.2, 0.25) is 5.02 Å². The van der Waals surface area contributed by atoms with Gasteiger partial charge in [-0.3, -0.25) is 9.69 Å². The van der Waals surface area contributed by atoms with Gasteiger partial charge in [0.05, 0.1) is 23.1 Å². The van der Waals surface area contributed by atoms with Crippen molar-refractivity contribution in [2.45, 2.75) is 38.9 Å². The number of halogens is 4. The Kier molecular flexibility index (Phi) is 8.74. The van der Waals surface area contributed by atoms with Gasteiger partial charge in [0.25, 0.3) is 5.76 Å². The van der Waals surface area contributed by atoms with Crippen LogP contribution in [0.1, 0.15) is 47.9 Å². The van der Waals surface area contributed by atoms with Gasteiger partial charge in [0.1, 0.15) is 22.8 Å². The number of nitrogens with zero attached hydrogens (tertiary/aromatic N) is 1. The van der Waals surface area contributed by atoms with E-state index >= 15 is 0 Å². The molecule has 3 aromatic carbocycles.